The number of halogens is 3. The van der Waals surface area contributed by atoms with Gasteiger partial charge in [-0.3, -0.25) is 11.3 Å². The third kappa shape index (κ3) is 3.78. The number of rotatable bonds is 5. The van der Waals surface area contributed by atoms with Crippen molar-refractivity contribution in [2.24, 2.45) is 5.84 Å². The topological polar surface area (TPSA) is 47.3 Å². The van der Waals surface area contributed by atoms with Crippen LogP contribution in [0.5, 0.6) is 5.75 Å². The molecule has 0 amide bonds. The molecule has 2 aromatic rings. The molecule has 6 heteroatoms. The van der Waals surface area contributed by atoms with Crippen molar-refractivity contribution >= 4 is 15.9 Å². The maximum Gasteiger partial charge on any atom is 0.159 e. The van der Waals surface area contributed by atoms with Gasteiger partial charge in [0.05, 0.1) is 17.6 Å². The number of ether oxygens (including phenoxy) is 1. The molecule has 1 unspecified atom stereocenters. The fourth-order valence-electron chi connectivity index (χ4n) is 2.07. The predicted octanol–water partition coefficient (Wildman–Crippen LogP) is 3.48. The van der Waals surface area contributed by atoms with Crippen molar-refractivity contribution in [3.63, 3.8) is 0 Å². The van der Waals surface area contributed by atoms with Gasteiger partial charge in [0.15, 0.2) is 11.6 Å². The van der Waals surface area contributed by atoms with E-state index in [4.69, 9.17) is 10.6 Å². The number of hydrazine groups is 1. The van der Waals surface area contributed by atoms with Gasteiger partial charge in [0.2, 0.25) is 0 Å². The Labute approximate surface area is 130 Å². The Hall–Kier alpha value is -1.50. The lowest BCUT2D eigenvalue weighted by molar-refractivity contribution is 0.412. The maximum atomic E-state index is 13.3. The fraction of sp³-hybridized carbons (Fsp3) is 0.200. The number of nitrogens with one attached hydrogen (secondary N) is 1. The van der Waals surface area contributed by atoms with E-state index < -0.39 is 11.6 Å². The summed E-state index contributed by atoms with van der Waals surface area (Å²) in [5, 5.41) is 0. The van der Waals surface area contributed by atoms with Crippen molar-refractivity contribution in [2.75, 3.05) is 7.11 Å². The summed E-state index contributed by atoms with van der Waals surface area (Å²) in [6.45, 7) is 0. The quantitative estimate of drug-likeness (QED) is 0.636. The molecule has 3 nitrogen and oxygen atoms in total. The normalized spacial score (nSPS) is 12.2. The van der Waals surface area contributed by atoms with Crippen LogP contribution in [-0.4, -0.2) is 7.11 Å². The minimum absolute atomic E-state index is 0.319. The molecule has 0 saturated heterocycles. The molecular weight excluding hydrogens is 342 g/mol. The van der Waals surface area contributed by atoms with E-state index in [0.29, 0.717) is 12.0 Å². The van der Waals surface area contributed by atoms with Crippen LogP contribution in [0.4, 0.5) is 8.78 Å². The van der Waals surface area contributed by atoms with E-state index in [1.165, 1.54) is 6.07 Å². The van der Waals surface area contributed by atoms with Crippen LogP contribution >= 0.6 is 15.9 Å². The van der Waals surface area contributed by atoms with Crippen molar-refractivity contribution in [3.05, 3.63) is 63.6 Å². The molecule has 2 aromatic carbocycles. The number of nitrogens with two attached hydrogens (primary N) is 1. The molecule has 2 rings (SSSR count). The predicted molar refractivity (Wildman–Crippen MR) is 80.8 cm³/mol. The van der Waals surface area contributed by atoms with E-state index in [-0.39, 0.29) is 6.04 Å². The van der Waals surface area contributed by atoms with Gasteiger partial charge >= 0.3 is 0 Å². The Morgan fingerprint density at radius 2 is 1.95 bits per heavy atom. The molecule has 0 fully saturated rings. The Kier molecular flexibility index (Phi) is 5.27. The summed E-state index contributed by atoms with van der Waals surface area (Å²) in [6, 6.07) is 9.08. The van der Waals surface area contributed by atoms with Gasteiger partial charge in [-0.15, -0.1) is 0 Å². The first-order chi connectivity index (χ1) is 10.0. The summed E-state index contributed by atoms with van der Waals surface area (Å²) in [5.41, 5.74) is 4.19. The molecule has 0 heterocycles. The molecule has 0 radical (unpaired) electrons. The van der Waals surface area contributed by atoms with Crippen LogP contribution in [0.2, 0.25) is 0 Å². The average molecular weight is 357 g/mol. The molecule has 0 saturated carbocycles. The average Bonchev–Trinajstić information content (AvgIpc) is 2.48. The Bertz CT molecular complexity index is 637. The summed E-state index contributed by atoms with van der Waals surface area (Å²) in [6.07, 6.45) is 0.532. The first-order valence-corrected chi connectivity index (χ1v) is 7.08. The molecule has 0 spiro atoms. The number of benzene rings is 2. The summed E-state index contributed by atoms with van der Waals surface area (Å²) >= 11 is 3.41. The van der Waals surface area contributed by atoms with Crippen LogP contribution in [0.1, 0.15) is 17.2 Å². The highest BCUT2D eigenvalue weighted by atomic mass is 79.9. The molecule has 112 valence electrons. The van der Waals surface area contributed by atoms with Crippen LogP contribution in [0.15, 0.2) is 40.9 Å². The van der Waals surface area contributed by atoms with Crippen LogP contribution < -0.4 is 16.0 Å². The van der Waals surface area contributed by atoms with E-state index in [0.717, 1.165) is 27.9 Å². The highest BCUT2D eigenvalue weighted by Gasteiger charge is 2.14. The van der Waals surface area contributed by atoms with E-state index in [2.05, 4.69) is 21.4 Å². The van der Waals surface area contributed by atoms with E-state index in [9.17, 15) is 8.78 Å². The van der Waals surface area contributed by atoms with Crippen molar-refractivity contribution in [1.82, 2.24) is 5.43 Å². The van der Waals surface area contributed by atoms with Crippen molar-refractivity contribution in [1.29, 1.82) is 0 Å². The lowest BCUT2D eigenvalue weighted by Gasteiger charge is -2.17. The minimum atomic E-state index is -0.885. The standard InChI is InChI=1S/C15H15BrF2N2O/c1-21-15-5-2-9(6-11(15)16)7-14(20-19)10-3-4-12(17)13(18)8-10/h2-6,8,14,20H,7,19H2,1H3. The van der Waals surface area contributed by atoms with Gasteiger partial charge in [-0.2, -0.15) is 0 Å². The van der Waals surface area contributed by atoms with Crippen LogP contribution in [0.3, 0.4) is 0 Å². The molecule has 0 bridgehead atoms. The number of hydrogen-bond donors (Lipinski definition) is 2. The third-order valence-electron chi connectivity index (χ3n) is 3.20. The molecule has 0 aliphatic carbocycles. The lowest BCUT2D eigenvalue weighted by atomic mass is 9.99. The second-order valence-electron chi connectivity index (χ2n) is 4.57. The maximum absolute atomic E-state index is 13.3. The van der Waals surface area contributed by atoms with E-state index in [1.54, 1.807) is 7.11 Å². The Morgan fingerprint density at radius 1 is 1.19 bits per heavy atom. The van der Waals surface area contributed by atoms with Gasteiger partial charge in [-0.05, 0) is 57.7 Å². The third-order valence-corrected chi connectivity index (χ3v) is 3.82. The number of hydrogen-bond acceptors (Lipinski definition) is 3. The van der Waals surface area contributed by atoms with Crippen molar-refractivity contribution in [3.8, 4) is 5.75 Å². The van der Waals surface area contributed by atoms with E-state index >= 15 is 0 Å². The van der Waals surface area contributed by atoms with Crippen LogP contribution in [0.25, 0.3) is 0 Å². The molecular formula is C15H15BrF2N2O. The Morgan fingerprint density at radius 3 is 2.52 bits per heavy atom. The first-order valence-electron chi connectivity index (χ1n) is 6.28. The van der Waals surface area contributed by atoms with E-state index in [1.807, 2.05) is 18.2 Å². The summed E-state index contributed by atoms with van der Waals surface area (Å²) in [4.78, 5) is 0. The highest BCUT2D eigenvalue weighted by molar-refractivity contribution is 9.10. The SMILES string of the molecule is COc1ccc(CC(NN)c2ccc(F)c(F)c2)cc1Br. The van der Waals surface area contributed by atoms with Crippen LogP contribution in [0, 0.1) is 11.6 Å². The molecule has 0 aromatic heterocycles. The lowest BCUT2D eigenvalue weighted by Crippen LogP contribution is -2.29. The summed E-state index contributed by atoms with van der Waals surface area (Å²) < 4.78 is 32.3. The van der Waals surface area contributed by atoms with Crippen molar-refractivity contribution < 1.29 is 13.5 Å². The smallest absolute Gasteiger partial charge is 0.159 e. The monoisotopic (exact) mass is 356 g/mol. The largest absolute Gasteiger partial charge is 0.496 e. The molecule has 0 aliphatic rings. The molecule has 1 atom stereocenters. The second-order valence-corrected chi connectivity index (χ2v) is 5.42. The second kappa shape index (κ2) is 6.98. The zero-order chi connectivity index (χ0) is 15.4. The zero-order valence-corrected chi connectivity index (χ0v) is 13.0. The Balaban J connectivity index is 2.22. The zero-order valence-electron chi connectivity index (χ0n) is 11.4. The van der Waals surface area contributed by atoms with Gasteiger partial charge in [0, 0.05) is 0 Å². The summed E-state index contributed by atoms with van der Waals surface area (Å²) in [7, 11) is 1.59. The molecule has 21 heavy (non-hydrogen) atoms. The van der Waals surface area contributed by atoms with Crippen molar-refractivity contribution in [2.45, 2.75) is 12.5 Å². The fourth-order valence-corrected chi connectivity index (χ4v) is 2.66. The highest BCUT2D eigenvalue weighted by Crippen LogP contribution is 2.28. The minimum Gasteiger partial charge on any atom is -0.496 e. The van der Waals surface area contributed by atoms with Crippen LogP contribution in [-0.2, 0) is 6.42 Å². The molecule has 0 aliphatic heterocycles. The van der Waals surface area contributed by atoms with Gasteiger partial charge < -0.3 is 4.74 Å². The summed E-state index contributed by atoms with van der Waals surface area (Å²) in [5.74, 6) is 4.50. The van der Waals surface area contributed by atoms with Gasteiger partial charge in [-0.1, -0.05) is 12.1 Å². The number of methoxy groups -OCH3 is 1. The molecule has 3 N–H and O–H groups in total. The van der Waals surface area contributed by atoms with Gasteiger partial charge in [0.25, 0.3) is 0 Å². The first kappa shape index (κ1) is 15.9. The van der Waals surface area contributed by atoms with Gasteiger partial charge in [-0.25, -0.2) is 8.78 Å². The van der Waals surface area contributed by atoms with Gasteiger partial charge in [0.1, 0.15) is 5.75 Å².